The van der Waals surface area contributed by atoms with E-state index in [1.807, 2.05) is 41.8 Å². The van der Waals surface area contributed by atoms with E-state index in [0.717, 1.165) is 40.4 Å². The van der Waals surface area contributed by atoms with Crippen LogP contribution in [0.25, 0.3) is 27.9 Å². The number of hydrogen-bond acceptors (Lipinski definition) is 4. The minimum atomic E-state index is 0.660. The van der Waals surface area contributed by atoms with Crippen molar-refractivity contribution in [1.82, 2.24) is 19.6 Å². The summed E-state index contributed by atoms with van der Waals surface area (Å²) in [5, 5.41) is 10.5. The van der Waals surface area contributed by atoms with Gasteiger partial charge in [-0.2, -0.15) is 0 Å². The highest BCUT2D eigenvalue weighted by atomic mass is 35.5. The van der Waals surface area contributed by atoms with Crippen molar-refractivity contribution in [3.05, 3.63) is 53.1 Å². The lowest BCUT2D eigenvalue weighted by Gasteiger charge is -2.19. The second-order valence-corrected chi connectivity index (χ2v) is 6.58. The van der Waals surface area contributed by atoms with Gasteiger partial charge in [-0.1, -0.05) is 35.4 Å². The molecule has 0 bridgehead atoms. The van der Waals surface area contributed by atoms with Crippen LogP contribution in [0.4, 0.5) is 5.95 Å². The van der Waals surface area contributed by atoms with Gasteiger partial charge in [0.25, 0.3) is 0 Å². The van der Waals surface area contributed by atoms with Crippen LogP contribution in [0.3, 0.4) is 0 Å². The maximum absolute atomic E-state index is 6.16. The number of nitrogens with zero attached hydrogens (tertiary/aromatic N) is 5. The summed E-state index contributed by atoms with van der Waals surface area (Å²) in [5.74, 6) is 1.59. The predicted molar refractivity (Wildman–Crippen MR) is 102 cm³/mol. The fourth-order valence-corrected chi connectivity index (χ4v) is 3.13. The zero-order chi connectivity index (χ0) is 17.6. The van der Waals surface area contributed by atoms with Crippen LogP contribution in [-0.2, 0) is 0 Å². The maximum atomic E-state index is 6.16. The number of aryl methyl sites for hydroxylation is 1. The number of benzene rings is 2. The highest BCUT2D eigenvalue weighted by Gasteiger charge is 2.18. The summed E-state index contributed by atoms with van der Waals surface area (Å²) in [4.78, 5) is 6.92. The number of fused-ring (bicyclic) bond motifs is 3. The van der Waals surface area contributed by atoms with E-state index in [4.69, 9.17) is 16.6 Å². The smallest absolute Gasteiger partial charge is 0.213 e. The number of anilines is 1. The van der Waals surface area contributed by atoms with Crippen molar-refractivity contribution in [2.45, 2.75) is 13.8 Å². The van der Waals surface area contributed by atoms with E-state index in [-0.39, 0.29) is 0 Å². The Labute approximate surface area is 150 Å². The molecule has 0 aliphatic carbocycles. The van der Waals surface area contributed by atoms with Gasteiger partial charge in [-0.25, -0.2) is 9.38 Å². The molecular formula is C19H18ClN5. The minimum absolute atomic E-state index is 0.660. The number of hydrogen-bond donors (Lipinski definition) is 0. The molecule has 2 aromatic heterocycles. The van der Waals surface area contributed by atoms with Gasteiger partial charge in [-0.3, -0.25) is 0 Å². The highest BCUT2D eigenvalue weighted by molar-refractivity contribution is 6.31. The summed E-state index contributed by atoms with van der Waals surface area (Å²) in [7, 11) is 2.01. The van der Waals surface area contributed by atoms with Crippen LogP contribution in [0.5, 0.6) is 0 Å². The molecule has 0 aliphatic rings. The van der Waals surface area contributed by atoms with Crippen molar-refractivity contribution in [3.63, 3.8) is 0 Å². The van der Waals surface area contributed by atoms with E-state index in [1.54, 1.807) is 0 Å². The van der Waals surface area contributed by atoms with Crippen molar-refractivity contribution in [3.8, 4) is 11.4 Å². The van der Waals surface area contributed by atoms with Gasteiger partial charge in [0, 0.05) is 29.6 Å². The molecule has 0 radical (unpaired) electrons. The minimum Gasteiger partial charge on any atom is -0.345 e. The topological polar surface area (TPSA) is 46.3 Å². The Morgan fingerprint density at radius 3 is 2.72 bits per heavy atom. The third-order valence-corrected chi connectivity index (χ3v) is 4.61. The lowest BCUT2D eigenvalue weighted by atomic mass is 10.1. The van der Waals surface area contributed by atoms with E-state index in [1.165, 1.54) is 5.56 Å². The zero-order valence-electron chi connectivity index (χ0n) is 14.4. The molecule has 0 fully saturated rings. The summed E-state index contributed by atoms with van der Waals surface area (Å²) in [6.45, 7) is 4.98. The molecule has 126 valence electrons. The lowest BCUT2D eigenvalue weighted by molar-refractivity contribution is 0.890. The van der Waals surface area contributed by atoms with Crippen LogP contribution in [0.2, 0.25) is 5.02 Å². The van der Waals surface area contributed by atoms with E-state index < -0.39 is 0 Å². The van der Waals surface area contributed by atoms with E-state index in [0.29, 0.717) is 5.02 Å². The molecular weight excluding hydrogens is 334 g/mol. The van der Waals surface area contributed by atoms with Crippen molar-refractivity contribution in [2.75, 3.05) is 18.5 Å². The molecule has 2 aromatic carbocycles. The van der Waals surface area contributed by atoms with Gasteiger partial charge in [0.15, 0.2) is 11.5 Å². The lowest BCUT2D eigenvalue weighted by Crippen LogP contribution is -2.21. The molecule has 5 nitrogen and oxygen atoms in total. The van der Waals surface area contributed by atoms with Gasteiger partial charge in [-0.05, 0) is 38.1 Å². The molecule has 25 heavy (non-hydrogen) atoms. The largest absolute Gasteiger partial charge is 0.345 e. The molecule has 0 atom stereocenters. The Morgan fingerprint density at radius 1 is 1.12 bits per heavy atom. The van der Waals surface area contributed by atoms with E-state index in [2.05, 4.69) is 41.1 Å². The molecule has 0 aliphatic heterocycles. The Kier molecular flexibility index (Phi) is 3.81. The molecule has 0 saturated heterocycles. The average molecular weight is 352 g/mol. The molecule has 0 spiro atoms. The van der Waals surface area contributed by atoms with Crippen molar-refractivity contribution < 1.29 is 0 Å². The van der Waals surface area contributed by atoms with Gasteiger partial charge in [0.05, 0.1) is 5.52 Å². The quantitative estimate of drug-likeness (QED) is 0.550. The van der Waals surface area contributed by atoms with Gasteiger partial charge in [-0.15, -0.1) is 10.2 Å². The zero-order valence-corrected chi connectivity index (χ0v) is 15.1. The summed E-state index contributed by atoms with van der Waals surface area (Å²) in [6.07, 6.45) is 0. The first-order valence-electron chi connectivity index (χ1n) is 8.21. The summed E-state index contributed by atoms with van der Waals surface area (Å²) < 4.78 is 2.02. The van der Waals surface area contributed by atoms with Gasteiger partial charge < -0.3 is 4.90 Å². The van der Waals surface area contributed by atoms with Crippen LogP contribution in [0.1, 0.15) is 12.5 Å². The summed E-state index contributed by atoms with van der Waals surface area (Å²) >= 11 is 6.16. The Bertz CT molecular complexity index is 1090. The highest BCUT2D eigenvalue weighted by Crippen LogP contribution is 2.29. The van der Waals surface area contributed by atoms with Crippen LogP contribution in [0.15, 0.2) is 42.5 Å². The fourth-order valence-electron chi connectivity index (χ4n) is 2.96. The second-order valence-electron chi connectivity index (χ2n) is 6.14. The first-order chi connectivity index (χ1) is 12.1. The van der Waals surface area contributed by atoms with Crippen molar-refractivity contribution >= 4 is 34.1 Å². The van der Waals surface area contributed by atoms with Crippen LogP contribution < -0.4 is 4.90 Å². The van der Waals surface area contributed by atoms with E-state index >= 15 is 0 Å². The Morgan fingerprint density at radius 2 is 1.96 bits per heavy atom. The molecule has 0 N–H and O–H groups in total. The monoisotopic (exact) mass is 351 g/mol. The van der Waals surface area contributed by atoms with Crippen LogP contribution >= 0.6 is 11.6 Å². The first kappa shape index (κ1) is 15.8. The van der Waals surface area contributed by atoms with Crippen LogP contribution in [-0.4, -0.2) is 33.2 Å². The third-order valence-electron chi connectivity index (χ3n) is 4.38. The molecule has 0 unspecified atom stereocenters. The molecule has 2 heterocycles. The number of halogens is 1. The maximum Gasteiger partial charge on any atom is 0.213 e. The fraction of sp³-hybridized carbons (Fsp3) is 0.211. The molecule has 4 rings (SSSR count). The summed E-state index contributed by atoms with van der Waals surface area (Å²) in [6, 6.07) is 13.9. The van der Waals surface area contributed by atoms with Crippen molar-refractivity contribution in [1.29, 1.82) is 0 Å². The standard InChI is InChI=1S/C19H18ClN5/c1-4-24(3)19-21-16-11-14(20)8-9-15(16)18-23-22-17(25(18)19)13-7-5-6-12(2)10-13/h5-11H,4H2,1-3H3. The second kappa shape index (κ2) is 6.01. The first-order valence-corrected chi connectivity index (χ1v) is 8.59. The Balaban J connectivity index is 2.11. The van der Waals surface area contributed by atoms with Crippen LogP contribution in [0, 0.1) is 6.92 Å². The molecule has 0 amide bonds. The van der Waals surface area contributed by atoms with Gasteiger partial charge in [0.1, 0.15) is 0 Å². The predicted octanol–water partition coefficient (Wildman–Crippen LogP) is 4.36. The normalized spacial score (nSPS) is 11.4. The molecule has 6 heteroatoms. The number of aromatic nitrogens is 4. The average Bonchev–Trinajstić information content (AvgIpc) is 3.05. The van der Waals surface area contributed by atoms with Gasteiger partial charge >= 0.3 is 0 Å². The molecule has 4 aromatic rings. The third kappa shape index (κ3) is 2.61. The SMILES string of the molecule is CCN(C)c1nc2cc(Cl)ccc2c2nnc(-c3cccc(C)c3)n12. The summed E-state index contributed by atoms with van der Waals surface area (Å²) in [5.41, 5.74) is 3.81. The van der Waals surface area contributed by atoms with Crippen molar-refractivity contribution in [2.24, 2.45) is 0 Å². The molecule has 0 saturated carbocycles. The Hall–Kier alpha value is -2.66. The van der Waals surface area contributed by atoms with Gasteiger partial charge in [0.2, 0.25) is 5.95 Å². The number of rotatable bonds is 3. The van der Waals surface area contributed by atoms with E-state index in [9.17, 15) is 0 Å².